The van der Waals surface area contributed by atoms with Crippen LogP contribution in [0.2, 0.25) is 0 Å². The largest absolute Gasteiger partial charge is 0.481 e. The Morgan fingerprint density at radius 1 is 1.38 bits per heavy atom. The molecule has 1 N–H and O–H groups in total. The molecule has 1 unspecified atom stereocenters. The van der Waals surface area contributed by atoms with Gasteiger partial charge in [0.15, 0.2) is 0 Å². The topological polar surface area (TPSA) is 67.6 Å². The van der Waals surface area contributed by atoms with Gasteiger partial charge in [0.1, 0.15) is 0 Å². The lowest BCUT2D eigenvalue weighted by molar-refractivity contribution is -0.147. The number of hydrogen-bond acceptors (Lipinski definition) is 4. The van der Waals surface area contributed by atoms with Crippen LogP contribution in [-0.4, -0.2) is 50.6 Å². The molecule has 3 rings (SSSR count). The average Bonchev–Trinajstić information content (AvgIpc) is 3.05. The molecule has 0 bridgehead atoms. The molecule has 2 aromatic rings. The van der Waals surface area contributed by atoms with E-state index in [-0.39, 0.29) is 18.1 Å². The summed E-state index contributed by atoms with van der Waals surface area (Å²) in [5.41, 5.74) is 2.10. The van der Waals surface area contributed by atoms with E-state index in [0.29, 0.717) is 13.2 Å². The maximum Gasteiger partial charge on any atom is 0.306 e. The van der Waals surface area contributed by atoms with E-state index in [1.54, 1.807) is 6.20 Å². The fourth-order valence-corrected chi connectivity index (χ4v) is 2.95. The van der Waals surface area contributed by atoms with Gasteiger partial charge >= 0.3 is 5.97 Å². The van der Waals surface area contributed by atoms with Crippen molar-refractivity contribution in [2.45, 2.75) is 38.5 Å². The summed E-state index contributed by atoms with van der Waals surface area (Å²) in [6, 6.07) is 10.2. The zero-order valence-corrected chi connectivity index (χ0v) is 14.1. The molecule has 1 saturated heterocycles. The lowest BCUT2D eigenvalue weighted by Crippen LogP contribution is -2.55. The summed E-state index contributed by atoms with van der Waals surface area (Å²) in [5.74, 6) is -0.816. The van der Waals surface area contributed by atoms with Crippen molar-refractivity contribution in [3.05, 3.63) is 48.3 Å². The molecule has 1 aliphatic rings. The minimum absolute atomic E-state index is 0.0464. The molecule has 0 radical (unpaired) electrons. The molecule has 1 aliphatic heterocycles. The maximum absolute atomic E-state index is 10.9. The first-order valence-electron chi connectivity index (χ1n) is 8.11. The van der Waals surface area contributed by atoms with Gasteiger partial charge in [-0.25, -0.2) is 4.68 Å². The number of aliphatic carboxylic acids is 1. The molecule has 6 heteroatoms. The SMILES string of the molecule is CC1(C)COC(CC(=O)O)CN1Cc1ccc(-n2cccn2)cc1. The van der Waals surface area contributed by atoms with Gasteiger partial charge in [0.2, 0.25) is 0 Å². The Kier molecular flexibility index (Phi) is 4.69. The fraction of sp³-hybridized carbons (Fsp3) is 0.444. The highest BCUT2D eigenvalue weighted by Gasteiger charge is 2.35. The van der Waals surface area contributed by atoms with Crippen LogP contribution in [0.3, 0.4) is 0 Å². The lowest BCUT2D eigenvalue weighted by Gasteiger charge is -2.45. The molecule has 1 fully saturated rings. The van der Waals surface area contributed by atoms with Gasteiger partial charge in [0, 0.05) is 31.0 Å². The highest BCUT2D eigenvalue weighted by molar-refractivity contribution is 5.67. The Morgan fingerprint density at radius 2 is 2.12 bits per heavy atom. The van der Waals surface area contributed by atoms with Gasteiger partial charge in [-0.1, -0.05) is 12.1 Å². The van der Waals surface area contributed by atoms with Crippen molar-refractivity contribution in [2.75, 3.05) is 13.2 Å². The summed E-state index contributed by atoms with van der Waals surface area (Å²) in [4.78, 5) is 13.2. The van der Waals surface area contributed by atoms with Crippen LogP contribution in [-0.2, 0) is 16.1 Å². The molecule has 0 amide bonds. The second-order valence-electron chi connectivity index (χ2n) is 6.84. The van der Waals surface area contributed by atoms with E-state index in [1.165, 1.54) is 5.56 Å². The van der Waals surface area contributed by atoms with Gasteiger partial charge in [-0.15, -0.1) is 0 Å². The van der Waals surface area contributed by atoms with Gasteiger partial charge in [0.25, 0.3) is 0 Å². The van der Waals surface area contributed by atoms with Crippen molar-refractivity contribution >= 4 is 5.97 Å². The highest BCUT2D eigenvalue weighted by atomic mass is 16.5. The molecule has 0 saturated carbocycles. The van der Waals surface area contributed by atoms with Crippen LogP contribution in [0, 0.1) is 0 Å². The third-order valence-electron chi connectivity index (χ3n) is 4.43. The van der Waals surface area contributed by atoms with Crippen molar-refractivity contribution in [3.63, 3.8) is 0 Å². The quantitative estimate of drug-likeness (QED) is 0.912. The number of rotatable bonds is 5. The molecular formula is C18H23N3O3. The van der Waals surface area contributed by atoms with Crippen molar-refractivity contribution < 1.29 is 14.6 Å². The van der Waals surface area contributed by atoms with Gasteiger partial charge in [-0.05, 0) is 37.6 Å². The number of carboxylic acids is 1. The number of aromatic nitrogens is 2. The van der Waals surface area contributed by atoms with Crippen LogP contribution in [0.15, 0.2) is 42.7 Å². The third-order valence-corrected chi connectivity index (χ3v) is 4.43. The summed E-state index contributed by atoms with van der Waals surface area (Å²) in [7, 11) is 0. The number of benzene rings is 1. The normalized spacial score (nSPS) is 20.8. The first-order valence-corrected chi connectivity index (χ1v) is 8.11. The smallest absolute Gasteiger partial charge is 0.306 e. The number of ether oxygens (including phenoxy) is 1. The zero-order chi connectivity index (χ0) is 17.2. The molecule has 1 atom stereocenters. The predicted octanol–water partition coefficient (Wildman–Crippen LogP) is 2.33. The Labute approximate surface area is 141 Å². The van der Waals surface area contributed by atoms with Crippen molar-refractivity contribution in [1.29, 1.82) is 0 Å². The lowest BCUT2D eigenvalue weighted by atomic mass is 9.98. The Balaban J connectivity index is 1.69. The number of carboxylic acid groups (broad SMARTS) is 1. The first kappa shape index (κ1) is 16.7. The van der Waals surface area contributed by atoms with Crippen molar-refractivity contribution in [2.24, 2.45) is 0 Å². The number of nitrogens with zero attached hydrogens (tertiary/aromatic N) is 3. The molecule has 0 spiro atoms. The first-order chi connectivity index (χ1) is 11.4. The van der Waals surface area contributed by atoms with E-state index in [1.807, 2.05) is 29.1 Å². The summed E-state index contributed by atoms with van der Waals surface area (Å²) >= 11 is 0. The van der Waals surface area contributed by atoms with Crippen LogP contribution < -0.4 is 0 Å². The summed E-state index contributed by atoms with van der Waals surface area (Å²) in [6.45, 7) is 6.19. The van der Waals surface area contributed by atoms with E-state index in [4.69, 9.17) is 9.84 Å². The van der Waals surface area contributed by atoms with Crippen molar-refractivity contribution in [1.82, 2.24) is 14.7 Å². The van der Waals surface area contributed by atoms with Crippen LogP contribution in [0.25, 0.3) is 5.69 Å². The Morgan fingerprint density at radius 3 is 2.75 bits per heavy atom. The standard InChI is InChI=1S/C18H23N3O3/c1-18(2)13-24-16(10-17(22)23)12-20(18)11-14-4-6-15(7-5-14)21-9-3-8-19-21/h3-9,16H,10-13H2,1-2H3,(H,22,23). The molecular weight excluding hydrogens is 306 g/mol. The Hall–Kier alpha value is -2.18. The fourth-order valence-electron chi connectivity index (χ4n) is 2.95. The van der Waals surface area contributed by atoms with Gasteiger partial charge in [-0.2, -0.15) is 5.10 Å². The predicted molar refractivity (Wildman–Crippen MR) is 90.0 cm³/mol. The van der Waals surface area contributed by atoms with Gasteiger partial charge in [-0.3, -0.25) is 9.69 Å². The van der Waals surface area contributed by atoms with Crippen LogP contribution in [0.5, 0.6) is 0 Å². The minimum atomic E-state index is -0.816. The summed E-state index contributed by atoms with van der Waals surface area (Å²) in [5, 5.41) is 13.2. The molecule has 1 aromatic heterocycles. The van der Waals surface area contributed by atoms with Crippen molar-refractivity contribution in [3.8, 4) is 5.69 Å². The minimum Gasteiger partial charge on any atom is -0.481 e. The Bertz CT molecular complexity index is 680. The maximum atomic E-state index is 10.9. The summed E-state index contributed by atoms with van der Waals surface area (Å²) in [6.07, 6.45) is 3.47. The zero-order valence-electron chi connectivity index (χ0n) is 14.1. The van der Waals surface area contributed by atoms with Gasteiger partial charge < -0.3 is 9.84 Å². The third kappa shape index (κ3) is 3.83. The van der Waals surface area contributed by atoms with Crippen LogP contribution >= 0.6 is 0 Å². The molecule has 2 heterocycles. The second-order valence-corrected chi connectivity index (χ2v) is 6.84. The average molecular weight is 329 g/mol. The molecule has 6 nitrogen and oxygen atoms in total. The van der Waals surface area contributed by atoms with E-state index in [9.17, 15) is 4.79 Å². The second kappa shape index (κ2) is 6.75. The number of morpholine rings is 1. The molecule has 0 aliphatic carbocycles. The summed E-state index contributed by atoms with van der Waals surface area (Å²) < 4.78 is 7.53. The highest BCUT2D eigenvalue weighted by Crippen LogP contribution is 2.25. The molecule has 128 valence electrons. The monoisotopic (exact) mass is 329 g/mol. The number of carbonyl (C=O) groups is 1. The molecule has 1 aromatic carbocycles. The van der Waals surface area contributed by atoms with E-state index >= 15 is 0 Å². The van der Waals surface area contributed by atoms with E-state index in [0.717, 1.165) is 12.2 Å². The van der Waals surface area contributed by atoms with Gasteiger partial charge in [0.05, 0.1) is 24.8 Å². The van der Waals surface area contributed by atoms with Crippen LogP contribution in [0.4, 0.5) is 0 Å². The number of hydrogen-bond donors (Lipinski definition) is 1. The van der Waals surface area contributed by atoms with E-state index in [2.05, 4.69) is 36.0 Å². The molecule has 24 heavy (non-hydrogen) atoms. The van der Waals surface area contributed by atoms with E-state index < -0.39 is 5.97 Å². The van der Waals surface area contributed by atoms with Crippen LogP contribution in [0.1, 0.15) is 25.8 Å².